The van der Waals surface area contributed by atoms with Crippen molar-refractivity contribution in [2.75, 3.05) is 0 Å². The Morgan fingerprint density at radius 1 is 1.15 bits per heavy atom. The first-order chi connectivity index (χ1) is 12.3. The number of benzene rings is 2. The molecule has 2 aromatic carbocycles. The van der Waals surface area contributed by atoms with Crippen molar-refractivity contribution in [3.63, 3.8) is 0 Å². The number of rotatable bonds is 3. The summed E-state index contributed by atoms with van der Waals surface area (Å²) < 4.78 is 13.1. The van der Waals surface area contributed by atoms with Crippen molar-refractivity contribution >= 4 is 40.1 Å². The van der Waals surface area contributed by atoms with Crippen molar-refractivity contribution < 1.29 is 19.1 Å². The van der Waals surface area contributed by atoms with Crippen molar-refractivity contribution in [2.24, 2.45) is 4.99 Å². The maximum absolute atomic E-state index is 13.1. The summed E-state index contributed by atoms with van der Waals surface area (Å²) in [7, 11) is 0. The Balaban J connectivity index is 1.93. The lowest BCUT2D eigenvalue weighted by Gasteiger charge is -2.04. The molecule has 3 rings (SSSR count). The van der Waals surface area contributed by atoms with Gasteiger partial charge >= 0.3 is 5.97 Å². The predicted molar refractivity (Wildman–Crippen MR) is 100.0 cm³/mol. The highest BCUT2D eigenvalue weighted by Gasteiger charge is 2.26. The molecule has 0 aromatic heterocycles. The van der Waals surface area contributed by atoms with Crippen LogP contribution in [0.15, 0.2) is 52.4 Å². The third-order valence-corrected chi connectivity index (χ3v) is 5.00. The van der Waals surface area contributed by atoms with Crippen LogP contribution in [0.1, 0.15) is 28.4 Å². The van der Waals surface area contributed by atoms with Gasteiger partial charge in [-0.1, -0.05) is 18.2 Å². The standard InChI is InChI=1S/C19H15FN2O3S/c1-10-3-4-13(18(24)25)9-15(10)21-19-22-17(23)16(26-19)11(2)12-5-7-14(20)8-6-12/h3-9H,1-2H3,(H,24,25)(H,21,22,23)/b16-11-. The second-order valence-electron chi connectivity index (χ2n) is 5.74. The zero-order valence-electron chi connectivity index (χ0n) is 14.0. The third-order valence-electron chi connectivity index (χ3n) is 3.92. The van der Waals surface area contributed by atoms with Crippen LogP contribution < -0.4 is 5.32 Å². The summed E-state index contributed by atoms with van der Waals surface area (Å²) in [5.74, 6) is -1.67. The van der Waals surface area contributed by atoms with Crippen LogP contribution in [-0.2, 0) is 4.79 Å². The van der Waals surface area contributed by atoms with Crippen molar-refractivity contribution in [3.8, 4) is 0 Å². The molecule has 26 heavy (non-hydrogen) atoms. The summed E-state index contributed by atoms with van der Waals surface area (Å²) in [5, 5.41) is 12.2. The predicted octanol–water partition coefficient (Wildman–Crippen LogP) is 4.11. The number of nitrogens with one attached hydrogen (secondary N) is 1. The molecule has 1 aliphatic rings. The fraction of sp³-hybridized carbons (Fsp3) is 0.105. The number of aliphatic imine (C=N–C) groups is 1. The lowest BCUT2D eigenvalue weighted by atomic mass is 10.1. The number of carboxylic acid groups (broad SMARTS) is 1. The average Bonchev–Trinajstić information content (AvgIpc) is 2.97. The zero-order chi connectivity index (χ0) is 18.8. The van der Waals surface area contributed by atoms with Gasteiger partial charge in [0, 0.05) is 0 Å². The molecule has 0 saturated carbocycles. The minimum atomic E-state index is -1.04. The second-order valence-corrected chi connectivity index (χ2v) is 6.74. The first-order valence-corrected chi connectivity index (χ1v) is 8.55. The van der Waals surface area contributed by atoms with Crippen LogP contribution >= 0.6 is 11.8 Å². The molecule has 1 fully saturated rings. The van der Waals surface area contributed by atoms with Gasteiger partial charge in [-0.25, -0.2) is 14.2 Å². The van der Waals surface area contributed by atoms with Gasteiger partial charge in [-0.15, -0.1) is 0 Å². The van der Waals surface area contributed by atoms with E-state index in [1.807, 2.05) is 6.92 Å². The lowest BCUT2D eigenvalue weighted by molar-refractivity contribution is -0.115. The number of halogens is 1. The van der Waals surface area contributed by atoms with Crippen LogP contribution in [0.5, 0.6) is 0 Å². The van der Waals surface area contributed by atoms with Gasteiger partial charge in [0.1, 0.15) is 5.82 Å². The van der Waals surface area contributed by atoms with Gasteiger partial charge in [-0.2, -0.15) is 0 Å². The normalized spacial score (nSPS) is 17.3. The number of amidine groups is 1. The van der Waals surface area contributed by atoms with E-state index in [4.69, 9.17) is 5.11 Å². The summed E-state index contributed by atoms with van der Waals surface area (Å²) in [6.45, 7) is 3.60. The van der Waals surface area contributed by atoms with Gasteiger partial charge in [0.2, 0.25) is 0 Å². The number of aromatic carboxylic acids is 1. The van der Waals surface area contributed by atoms with Crippen LogP contribution in [0.4, 0.5) is 10.1 Å². The van der Waals surface area contributed by atoms with Crippen molar-refractivity contribution in [2.45, 2.75) is 13.8 Å². The summed E-state index contributed by atoms with van der Waals surface area (Å²) >= 11 is 1.17. The molecule has 1 saturated heterocycles. The molecule has 2 aromatic rings. The number of hydrogen-bond donors (Lipinski definition) is 2. The SMILES string of the molecule is C/C(=C1/SC(=Nc2cc(C(=O)O)ccc2C)NC1=O)c1ccc(F)cc1. The van der Waals surface area contributed by atoms with E-state index in [2.05, 4.69) is 10.3 Å². The number of carboxylic acids is 1. The number of nitrogens with zero attached hydrogens (tertiary/aromatic N) is 1. The molecule has 0 unspecified atom stereocenters. The summed E-state index contributed by atoms with van der Waals surface area (Å²) in [5.41, 5.74) is 2.86. The van der Waals surface area contributed by atoms with Crippen LogP contribution in [-0.4, -0.2) is 22.2 Å². The Bertz CT molecular complexity index is 965. The van der Waals surface area contributed by atoms with Crippen molar-refractivity contribution in [1.29, 1.82) is 0 Å². The minimum absolute atomic E-state index is 0.127. The van der Waals surface area contributed by atoms with E-state index in [1.165, 1.54) is 36.0 Å². The first-order valence-electron chi connectivity index (χ1n) is 7.74. The molecule has 0 bridgehead atoms. The number of carbonyl (C=O) groups excluding carboxylic acids is 1. The van der Waals surface area contributed by atoms with E-state index in [0.29, 0.717) is 21.3 Å². The van der Waals surface area contributed by atoms with Gasteiger partial charge in [0.25, 0.3) is 5.91 Å². The van der Waals surface area contributed by atoms with E-state index in [1.54, 1.807) is 25.1 Å². The molecule has 0 aliphatic carbocycles. The highest BCUT2D eigenvalue weighted by atomic mass is 32.2. The molecule has 2 N–H and O–H groups in total. The van der Waals surface area contributed by atoms with Gasteiger partial charge in [0.15, 0.2) is 5.17 Å². The summed E-state index contributed by atoms with van der Waals surface area (Å²) in [4.78, 5) is 28.3. The Morgan fingerprint density at radius 3 is 2.46 bits per heavy atom. The second kappa shape index (κ2) is 7.13. The van der Waals surface area contributed by atoms with Gasteiger partial charge in [-0.05, 0) is 66.6 Å². The first kappa shape index (κ1) is 17.9. The highest BCUT2D eigenvalue weighted by Crippen LogP contribution is 2.33. The molecule has 5 nitrogen and oxygen atoms in total. The van der Waals surface area contributed by atoms with Crippen molar-refractivity contribution in [3.05, 3.63) is 69.9 Å². The Kier molecular flexibility index (Phi) is 4.90. The Hall–Kier alpha value is -2.93. The van der Waals surface area contributed by atoms with Gasteiger partial charge in [0.05, 0.1) is 16.2 Å². The van der Waals surface area contributed by atoms with Gasteiger partial charge < -0.3 is 10.4 Å². The van der Waals surface area contributed by atoms with Crippen LogP contribution in [0.2, 0.25) is 0 Å². The molecule has 1 amide bonds. The monoisotopic (exact) mass is 370 g/mol. The largest absolute Gasteiger partial charge is 0.478 e. The molecular weight excluding hydrogens is 355 g/mol. The molecule has 0 radical (unpaired) electrons. The van der Waals surface area contributed by atoms with Crippen molar-refractivity contribution in [1.82, 2.24) is 5.32 Å². The Morgan fingerprint density at radius 2 is 1.81 bits per heavy atom. The molecule has 0 atom stereocenters. The zero-order valence-corrected chi connectivity index (χ0v) is 14.9. The quantitative estimate of drug-likeness (QED) is 0.797. The third kappa shape index (κ3) is 3.67. The maximum Gasteiger partial charge on any atom is 0.335 e. The number of carbonyl (C=O) groups is 2. The highest BCUT2D eigenvalue weighted by molar-refractivity contribution is 8.18. The number of aryl methyl sites for hydroxylation is 1. The molecule has 132 valence electrons. The summed E-state index contributed by atoms with van der Waals surface area (Å²) in [6, 6.07) is 10.5. The number of thioether (sulfide) groups is 1. The van der Waals surface area contributed by atoms with E-state index >= 15 is 0 Å². The average molecular weight is 370 g/mol. The van der Waals surface area contributed by atoms with E-state index in [-0.39, 0.29) is 17.3 Å². The van der Waals surface area contributed by atoms with Crippen LogP contribution in [0.25, 0.3) is 5.57 Å². The lowest BCUT2D eigenvalue weighted by Crippen LogP contribution is -2.19. The molecule has 7 heteroatoms. The minimum Gasteiger partial charge on any atom is -0.478 e. The van der Waals surface area contributed by atoms with Crippen LogP contribution in [0, 0.1) is 12.7 Å². The number of hydrogen-bond acceptors (Lipinski definition) is 4. The summed E-state index contributed by atoms with van der Waals surface area (Å²) in [6.07, 6.45) is 0. The molecular formula is C19H15FN2O3S. The van der Waals surface area contributed by atoms with Crippen LogP contribution in [0.3, 0.4) is 0 Å². The van der Waals surface area contributed by atoms with Gasteiger partial charge in [-0.3, -0.25) is 4.79 Å². The maximum atomic E-state index is 13.1. The number of amides is 1. The number of allylic oxidation sites excluding steroid dienone is 1. The molecule has 1 aliphatic heterocycles. The fourth-order valence-corrected chi connectivity index (χ4v) is 3.32. The smallest absolute Gasteiger partial charge is 0.335 e. The fourth-order valence-electron chi connectivity index (χ4n) is 2.42. The van der Waals surface area contributed by atoms with E-state index in [0.717, 1.165) is 11.1 Å². The molecule has 1 heterocycles. The topological polar surface area (TPSA) is 78.8 Å². The Labute approximate surface area is 153 Å². The molecule has 0 spiro atoms. The van der Waals surface area contributed by atoms with E-state index < -0.39 is 5.97 Å². The van der Waals surface area contributed by atoms with E-state index in [9.17, 15) is 14.0 Å².